The van der Waals surface area contributed by atoms with Crippen molar-refractivity contribution in [2.24, 2.45) is 11.8 Å². The highest BCUT2D eigenvalue weighted by Gasteiger charge is 2.33. The molecule has 3 heterocycles. The number of H-pyrrole nitrogens is 1. The number of allylic oxidation sites excluding steroid dienone is 1. The molecule has 8 nitrogen and oxygen atoms in total. The van der Waals surface area contributed by atoms with E-state index in [-0.39, 0.29) is 30.2 Å². The number of imidazole rings is 1. The van der Waals surface area contributed by atoms with Crippen molar-refractivity contribution in [1.82, 2.24) is 14.5 Å². The van der Waals surface area contributed by atoms with E-state index >= 15 is 0 Å². The summed E-state index contributed by atoms with van der Waals surface area (Å²) in [6, 6.07) is 7.77. The van der Waals surface area contributed by atoms with Gasteiger partial charge in [0.25, 0.3) is 5.91 Å². The van der Waals surface area contributed by atoms with Gasteiger partial charge in [-0.25, -0.2) is 4.79 Å². The fraction of sp³-hybridized carbons (Fsp3) is 0.600. The lowest BCUT2D eigenvalue weighted by molar-refractivity contribution is -0.157. The number of aromatic nitrogens is 2. The number of nitrogens with zero attached hydrogens (tertiary/aromatic N) is 2. The summed E-state index contributed by atoms with van der Waals surface area (Å²) in [7, 11) is 0. The summed E-state index contributed by atoms with van der Waals surface area (Å²) in [6.45, 7) is 6.08. The van der Waals surface area contributed by atoms with Gasteiger partial charge in [0, 0.05) is 32.2 Å². The number of hydrogen-bond donors (Lipinski definition) is 2. The molecule has 2 atom stereocenters. The fourth-order valence-corrected chi connectivity index (χ4v) is 4.75. The van der Waals surface area contributed by atoms with Crippen LogP contribution < -0.4 is 5.69 Å². The van der Waals surface area contributed by atoms with Crippen molar-refractivity contribution >= 4 is 16.9 Å². The number of amides is 1. The van der Waals surface area contributed by atoms with Gasteiger partial charge in [-0.05, 0) is 55.7 Å². The summed E-state index contributed by atoms with van der Waals surface area (Å²) < 4.78 is 13.7. The van der Waals surface area contributed by atoms with E-state index in [9.17, 15) is 9.59 Å². The number of para-hydroxylation sites is 2. The molecule has 1 fully saturated rings. The van der Waals surface area contributed by atoms with Gasteiger partial charge in [0.2, 0.25) is 6.29 Å². The normalized spacial score (nSPS) is 21.9. The van der Waals surface area contributed by atoms with E-state index in [1.54, 1.807) is 0 Å². The Kier molecular flexibility index (Phi) is 7.55. The molecule has 2 N–H and O–H groups in total. The zero-order valence-electron chi connectivity index (χ0n) is 19.5. The van der Waals surface area contributed by atoms with Gasteiger partial charge in [0.1, 0.15) is 0 Å². The highest BCUT2D eigenvalue weighted by Crippen LogP contribution is 2.31. The van der Waals surface area contributed by atoms with Gasteiger partial charge >= 0.3 is 5.69 Å². The van der Waals surface area contributed by atoms with Gasteiger partial charge in [-0.1, -0.05) is 26.0 Å². The maximum atomic E-state index is 13.3. The highest BCUT2D eigenvalue weighted by molar-refractivity contribution is 5.91. The molecule has 0 unspecified atom stereocenters. The summed E-state index contributed by atoms with van der Waals surface area (Å²) in [5.74, 6) is 0.853. The minimum Gasteiger partial charge on any atom is -0.459 e. The first-order valence-electron chi connectivity index (χ1n) is 12.1. The molecule has 1 amide bonds. The zero-order valence-corrected chi connectivity index (χ0v) is 19.5. The second-order valence-electron chi connectivity index (χ2n) is 9.36. The van der Waals surface area contributed by atoms with Crippen LogP contribution in [0.25, 0.3) is 11.0 Å². The fourth-order valence-electron chi connectivity index (χ4n) is 4.75. The number of aliphatic hydroxyl groups is 1. The van der Waals surface area contributed by atoms with E-state index in [2.05, 4.69) is 18.8 Å². The van der Waals surface area contributed by atoms with Gasteiger partial charge < -0.3 is 24.5 Å². The third kappa shape index (κ3) is 5.33. The number of aliphatic hydroxyl groups excluding tert-OH is 1. The molecule has 1 aromatic heterocycles. The first-order valence-corrected chi connectivity index (χ1v) is 12.1. The molecule has 4 rings (SSSR count). The van der Waals surface area contributed by atoms with E-state index < -0.39 is 6.29 Å². The molecule has 2 aromatic rings. The maximum Gasteiger partial charge on any atom is 0.326 e. The highest BCUT2D eigenvalue weighted by atomic mass is 16.7. The van der Waals surface area contributed by atoms with Crippen LogP contribution in [0.4, 0.5) is 0 Å². The Morgan fingerprint density at radius 3 is 2.73 bits per heavy atom. The number of nitrogens with one attached hydrogen (secondary N) is 1. The van der Waals surface area contributed by atoms with Crippen molar-refractivity contribution in [3.8, 4) is 0 Å². The number of carbonyl (C=O) groups is 1. The van der Waals surface area contributed by atoms with Crippen LogP contribution in [0.1, 0.15) is 52.0 Å². The van der Waals surface area contributed by atoms with Crippen LogP contribution in [0.15, 0.2) is 40.9 Å². The Bertz CT molecular complexity index is 1030. The predicted octanol–water partition coefficient (Wildman–Crippen LogP) is 3.18. The van der Waals surface area contributed by atoms with Crippen LogP contribution in [-0.4, -0.2) is 58.1 Å². The number of aromatic amines is 1. The van der Waals surface area contributed by atoms with Crippen molar-refractivity contribution in [2.75, 3.05) is 26.3 Å². The smallest absolute Gasteiger partial charge is 0.326 e. The van der Waals surface area contributed by atoms with Crippen molar-refractivity contribution in [3.05, 3.63) is 46.6 Å². The number of rotatable bonds is 8. The average molecular weight is 458 g/mol. The number of benzene rings is 1. The molecule has 2 aliphatic heterocycles. The van der Waals surface area contributed by atoms with Gasteiger partial charge in [-0.3, -0.25) is 9.36 Å². The topological polar surface area (TPSA) is 96.8 Å². The number of likely N-dealkylation sites (tertiary alicyclic amines) is 1. The molecular weight excluding hydrogens is 422 g/mol. The van der Waals surface area contributed by atoms with Crippen LogP contribution in [0, 0.1) is 11.8 Å². The lowest BCUT2D eigenvalue weighted by Crippen LogP contribution is -2.43. The van der Waals surface area contributed by atoms with Gasteiger partial charge in [0.05, 0.1) is 17.6 Å². The Morgan fingerprint density at radius 2 is 2.00 bits per heavy atom. The second-order valence-corrected chi connectivity index (χ2v) is 9.36. The second kappa shape index (κ2) is 10.6. The molecule has 0 bridgehead atoms. The SMILES string of the molecule is CC(C)[C@@H]1C=C(C(=O)N2CCC(n3c(=O)[nH]c4ccccc43)CC2)O[C@H](OCCCCO)C1. The first-order chi connectivity index (χ1) is 16.0. The van der Waals surface area contributed by atoms with Gasteiger partial charge in [0.15, 0.2) is 5.76 Å². The molecular formula is C25H35N3O5. The molecule has 2 aliphatic rings. The molecule has 0 saturated carbocycles. The van der Waals surface area contributed by atoms with E-state index in [4.69, 9.17) is 14.6 Å². The van der Waals surface area contributed by atoms with Crippen molar-refractivity contribution in [1.29, 1.82) is 0 Å². The number of hydrogen-bond acceptors (Lipinski definition) is 5. The van der Waals surface area contributed by atoms with Crippen LogP contribution in [0.5, 0.6) is 0 Å². The summed E-state index contributed by atoms with van der Waals surface area (Å²) in [5.41, 5.74) is 1.65. The number of ether oxygens (including phenoxy) is 2. The largest absolute Gasteiger partial charge is 0.459 e. The number of fused-ring (bicyclic) bond motifs is 1. The lowest BCUT2D eigenvalue weighted by atomic mass is 9.90. The first kappa shape index (κ1) is 23.6. The van der Waals surface area contributed by atoms with Crippen LogP contribution in [0.2, 0.25) is 0 Å². The summed E-state index contributed by atoms with van der Waals surface area (Å²) in [6.07, 6.45) is 5.12. The molecule has 0 radical (unpaired) electrons. The third-order valence-corrected chi connectivity index (χ3v) is 6.75. The Hall–Kier alpha value is -2.58. The molecule has 1 aromatic carbocycles. The standard InChI is InChI=1S/C25H35N3O5/c1-17(2)18-15-22(33-23(16-18)32-14-6-5-13-29)24(30)27-11-9-19(10-12-27)28-21-8-4-3-7-20(21)26-25(28)31/h3-4,7-8,15,17-19,23,29H,5-6,9-14,16H2,1-2H3,(H,26,31)/t18-,23+/m1/s1. The molecule has 8 heteroatoms. The number of unbranched alkanes of at least 4 members (excludes halogenated alkanes) is 1. The number of carbonyl (C=O) groups excluding carboxylic acids is 1. The van der Waals surface area contributed by atoms with E-state index in [1.807, 2.05) is 39.8 Å². The van der Waals surface area contributed by atoms with Crippen molar-refractivity contribution < 1.29 is 19.4 Å². The van der Waals surface area contributed by atoms with E-state index in [0.717, 1.165) is 36.7 Å². The lowest BCUT2D eigenvalue weighted by Gasteiger charge is -2.36. The molecule has 0 spiro atoms. The van der Waals surface area contributed by atoms with Crippen molar-refractivity contribution in [2.45, 2.75) is 58.3 Å². The van der Waals surface area contributed by atoms with E-state index in [1.165, 1.54) is 0 Å². The molecule has 1 saturated heterocycles. The monoisotopic (exact) mass is 457 g/mol. The third-order valence-electron chi connectivity index (χ3n) is 6.75. The minimum atomic E-state index is -0.442. The van der Waals surface area contributed by atoms with Crippen LogP contribution in [-0.2, 0) is 14.3 Å². The van der Waals surface area contributed by atoms with E-state index in [0.29, 0.717) is 37.8 Å². The zero-order chi connectivity index (χ0) is 23.4. The quantitative estimate of drug-likeness (QED) is 0.594. The Morgan fingerprint density at radius 1 is 1.24 bits per heavy atom. The van der Waals surface area contributed by atoms with Gasteiger partial charge in [-0.2, -0.15) is 0 Å². The molecule has 180 valence electrons. The number of piperidine rings is 1. The van der Waals surface area contributed by atoms with Crippen LogP contribution >= 0.6 is 0 Å². The Labute approximate surface area is 194 Å². The predicted molar refractivity (Wildman–Crippen MR) is 126 cm³/mol. The summed E-state index contributed by atoms with van der Waals surface area (Å²) in [5, 5.41) is 8.96. The molecule has 33 heavy (non-hydrogen) atoms. The minimum absolute atomic E-state index is 0.0602. The molecule has 0 aliphatic carbocycles. The van der Waals surface area contributed by atoms with Gasteiger partial charge in [-0.15, -0.1) is 0 Å². The summed E-state index contributed by atoms with van der Waals surface area (Å²) >= 11 is 0. The van der Waals surface area contributed by atoms with Crippen molar-refractivity contribution in [3.63, 3.8) is 0 Å². The Balaban J connectivity index is 1.40. The summed E-state index contributed by atoms with van der Waals surface area (Å²) in [4.78, 5) is 30.6. The van der Waals surface area contributed by atoms with Crippen LogP contribution in [0.3, 0.4) is 0 Å². The maximum absolute atomic E-state index is 13.3. The average Bonchev–Trinajstić information content (AvgIpc) is 3.17.